The third kappa shape index (κ3) is 3.32. The Balaban J connectivity index is 2.06. The molecule has 0 bridgehead atoms. The van der Waals surface area contributed by atoms with Crippen molar-refractivity contribution in [1.82, 2.24) is 20.1 Å². The van der Waals surface area contributed by atoms with Gasteiger partial charge in [0.25, 0.3) is 0 Å². The predicted molar refractivity (Wildman–Crippen MR) is 74.4 cm³/mol. The molecule has 0 aromatic carbocycles. The van der Waals surface area contributed by atoms with Crippen LogP contribution >= 0.6 is 0 Å². The van der Waals surface area contributed by atoms with Crippen molar-refractivity contribution in [3.8, 4) is 11.6 Å². The van der Waals surface area contributed by atoms with Crippen molar-refractivity contribution in [2.24, 2.45) is 0 Å². The van der Waals surface area contributed by atoms with Crippen LogP contribution in [0.1, 0.15) is 38.4 Å². The van der Waals surface area contributed by atoms with Crippen LogP contribution in [0.25, 0.3) is 0 Å². The number of pyridine rings is 1. The van der Waals surface area contributed by atoms with Crippen LogP contribution in [0, 0.1) is 0 Å². The summed E-state index contributed by atoms with van der Waals surface area (Å²) in [6.07, 6.45) is 5.39. The van der Waals surface area contributed by atoms with Gasteiger partial charge in [0.2, 0.25) is 5.88 Å². The molecule has 0 saturated heterocycles. The summed E-state index contributed by atoms with van der Waals surface area (Å²) in [6.45, 7) is 6.23. The van der Waals surface area contributed by atoms with Gasteiger partial charge in [-0.2, -0.15) is 5.10 Å². The third-order valence-corrected chi connectivity index (χ3v) is 3.02. The van der Waals surface area contributed by atoms with E-state index >= 15 is 0 Å². The molecule has 1 N–H and O–H groups in total. The average Bonchev–Trinajstić information content (AvgIpc) is 2.87. The first-order chi connectivity index (χ1) is 9.10. The largest absolute Gasteiger partial charge is 0.436 e. The SMILES string of the molecule is CNC(C)c1ccc(Oc2cnn(C(C)C)c2)nc1. The molecular formula is C14H20N4O. The van der Waals surface area contributed by atoms with Crippen LogP contribution in [0.5, 0.6) is 11.6 Å². The van der Waals surface area contributed by atoms with Gasteiger partial charge in [-0.05, 0) is 33.4 Å². The molecule has 102 valence electrons. The minimum Gasteiger partial charge on any atom is -0.436 e. The summed E-state index contributed by atoms with van der Waals surface area (Å²) < 4.78 is 7.52. The number of rotatable bonds is 5. The summed E-state index contributed by atoms with van der Waals surface area (Å²) in [5.74, 6) is 1.28. The van der Waals surface area contributed by atoms with Crippen molar-refractivity contribution in [1.29, 1.82) is 0 Å². The van der Waals surface area contributed by atoms with Crippen LogP contribution in [-0.4, -0.2) is 21.8 Å². The Hall–Kier alpha value is -1.88. The van der Waals surface area contributed by atoms with Gasteiger partial charge in [0, 0.05) is 24.3 Å². The van der Waals surface area contributed by atoms with E-state index in [1.165, 1.54) is 0 Å². The Morgan fingerprint density at radius 3 is 2.53 bits per heavy atom. The molecule has 5 nitrogen and oxygen atoms in total. The van der Waals surface area contributed by atoms with Crippen LogP contribution in [0.15, 0.2) is 30.7 Å². The molecule has 0 fully saturated rings. The van der Waals surface area contributed by atoms with E-state index in [1.807, 2.05) is 36.3 Å². The topological polar surface area (TPSA) is 52.0 Å². The average molecular weight is 260 g/mol. The maximum Gasteiger partial charge on any atom is 0.219 e. The van der Waals surface area contributed by atoms with E-state index in [0.717, 1.165) is 5.56 Å². The quantitative estimate of drug-likeness (QED) is 0.898. The molecule has 0 aliphatic carbocycles. The highest BCUT2D eigenvalue weighted by atomic mass is 16.5. The van der Waals surface area contributed by atoms with E-state index in [1.54, 1.807) is 6.20 Å². The molecular weight excluding hydrogens is 240 g/mol. The van der Waals surface area contributed by atoms with Gasteiger partial charge in [-0.3, -0.25) is 4.68 Å². The number of aromatic nitrogens is 3. The zero-order chi connectivity index (χ0) is 13.8. The summed E-state index contributed by atoms with van der Waals surface area (Å²) >= 11 is 0. The first-order valence-electron chi connectivity index (χ1n) is 6.45. The maximum absolute atomic E-state index is 5.66. The lowest BCUT2D eigenvalue weighted by Gasteiger charge is -2.10. The van der Waals surface area contributed by atoms with Crippen LogP contribution in [-0.2, 0) is 0 Å². The highest BCUT2D eigenvalue weighted by molar-refractivity contribution is 5.25. The molecule has 5 heteroatoms. The minimum atomic E-state index is 0.283. The van der Waals surface area contributed by atoms with Gasteiger partial charge in [-0.15, -0.1) is 0 Å². The van der Waals surface area contributed by atoms with E-state index in [-0.39, 0.29) is 6.04 Å². The Morgan fingerprint density at radius 2 is 2.00 bits per heavy atom. The molecule has 0 aliphatic rings. The van der Waals surface area contributed by atoms with Crippen LogP contribution in [0.3, 0.4) is 0 Å². The highest BCUT2D eigenvalue weighted by Crippen LogP contribution is 2.21. The van der Waals surface area contributed by atoms with Crippen LogP contribution in [0.2, 0.25) is 0 Å². The van der Waals surface area contributed by atoms with Crippen molar-refractivity contribution in [2.75, 3.05) is 7.05 Å². The van der Waals surface area contributed by atoms with E-state index in [2.05, 4.69) is 36.2 Å². The fourth-order valence-corrected chi connectivity index (χ4v) is 1.65. The van der Waals surface area contributed by atoms with Gasteiger partial charge in [-0.1, -0.05) is 6.07 Å². The second kappa shape index (κ2) is 5.84. The fraction of sp³-hybridized carbons (Fsp3) is 0.429. The third-order valence-electron chi connectivity index (χ3n) is 3.02. The Labute approximate surface area is 113 Å². The van der Waals surface area contributed by atoms with E-state index < -0.39 is 0 Å². The van der Waals surface area contributed by atoms with Crippen molar-refractivity contribution in [3.05, 3.63) is 36.3 Å². The molecule has 0 aliphatic heterocycles. The molecule has 2 rings (SSSR count). The summed E-state index contributed by atoms with van der Waals surface area (Å²) in [7, 11) is 1.93. The van der Waals surface area contributed by atoms with E-state index in [0.29, 0.717) is 17.7 Å². The number of hydrogen-bond donors (Lipinski definition) is 1. The lowest BCUT2D eigenvalue weighted by atomic mass is 10.1. The zero-order valence-electron chi connectivity index (χ0n) is 11.8. The molecule has 19 heavy (non-hydrogen) atoms. The van der Waals surface area contributed by atoms with E-state index in [9.17, 15) is 0 Å². The van der Waals surface area contributed by atoms with Crippen molar-refractivity contribution < 1.29 is 4.74 Å². The Bertz CT molecular complexity index is 518. The second-order valence-corrected chi connectivity index (χ2v) is 4.79. The highest BCUT2D eigenvalue weighted by Gasteiger charge is 2.06. The lowest BCUT2D eigenvalue weighted by molar-refractivity contribution is 0.458. The smallest absolute Gasteiger partial charge is 0.219 e. The van der Waals surface area contributed by atoms with Crippen molar-refractivity contribution >= 4 is 0 Å². The number of ether oxygens (including phenoxy) is 1. The maximum atomic E-state index is 5.66. The number of nitrogens with one attached hydrogen (secondary N) is 1. The summed E-state index contributed by atoms with van der Waals surface area (Å²) in [5.41, 5.74) is 1.13. The summed E-state index contributed by atoms with van der Waals surface area (Å²) in [4.78, 5) is 4.30. The molecule has 2 heterocycles. The Morgan fingerprint density at radius 1 is 1.21 bits per heavy atom. The zero-order valence-corrected chi connectivity index (χ0v) is 11.8. The minimum absolute atomic E-state index is 0.283. The molecule has 0 amide bonds. The summed E-state index contributed by atoms with van der Waals surface area (Å²) in [5, 5.41) is 7.40. The predicted octanol–water partition coefficient (Wildman–Crippen LogP) is 2.93. The molecule has 2 aromatic rings. The van der Waals surface area contributed by atoms with Gasteiger partial charge in [0.1, 0.15) is 0 Å². The lowest BCUT2D eigenvalue weighted by Crippen LogP contribution is -2.12. The molecule has 2 aromatic heterocycles. The normalized spacial score (nSPS) is 12.7. The first-order valence-corrected chi connectivity index (χ1v) is 6.45. The molecule has 1 atom stereocenters. The van der Waals surface area contributed by atoms with Crippen LogP contribution < -0.4 is 10.1 Å². The molecule has 0 spiro atoms. The second-order valence-electron chi connectivity index (χ2n) is 4.79. The van der Waals surface area contributed by atoms with Gasteiger partial charge in [0.05, 0.1) is 12.4 Å². The summed E-state index contributed by atoms with van der Waals surface area (Å²) in [6, 6.07) is 4.49. The Kier molecular flexibility index (Phi) is 4.16. The van der Waals surface area contributed by atoms with Gasteiger partial charge in [-0.25, -0.2) is 4.98 Å². The molecule has 0 saturated carbocycles. The monoisotopic (exact) mass is 260 g/mol. The van der Waals surface area contributed by atoms with Crippen molar-refractivity contribution in [3.63, 3.8) is 0 Å². The van der Waals surface area contributed by atoms with Gasteiger partial charge in [0.15, 0.2) is 5.75 Å². The van der Waals surface area contributed by atoms with Gasteiger partial charge >= 0.3 is 0 Å². The molecule has 1 unspecified atom stereocenters. The van der Waals surface area contributed by atoms with Crippen LogP contribution in [0.4, 0.5) is 0 Å². The number of hydrogen-bond acceptors (Lipinski definition) is 4. The fourth-order valence-electron chi connectivity index (χ4n) is 1.65. The van der Waals surface area contributed by atoms with Crippen molar-refractivity contribution in [2.45, 2.75) is 32.9 Å². The standard InChI is InChI=1S/C14H20N4O/c1-10(2)18-9-13(8-17-18)19-14-6-5-12(7-16-14)11(3)15-4/h5-11,15H,1-4H3. The first kappa shape index (κ1) is 13.5. The van der Waals surface area contributed by atoms with Gasteiger partial charge < -0.3 is 10.1 Å². The molecule has 0 radical (unpaired) electrons. The van der Waals surface area contributed by atoms with E-state index in [4.69, 9.17) is 4.74 Å². The number of nitrogens with zero attached hydrogens (tertiary/aromatic N) is 3.